The minimum absolute atomic E-state index is 0.224. The molecule has 0 aliphatic rings. The van der Waals surface area contributed by atoms with E-state index in [1.165, 1.54) is 0 Å². The molecule has 1 unspecified atom stereocenters. The normalized spacial score (nSPS) is 11.6. The molecule has 10 heteroatoms. The first kappa shape index (κ1) is 26.1. The monoisotopic (exact) mass is 536 g/mol. The molecule has 1 amide bonds. The van der Waals surface area contributed by atoms with Crippen molar-refractivity contribution in [2.75, 3.05) is 5.32 Å². The summed E-state index contributed by atoms with van der Waals surface area (Å²) >= 11 is 12.3. The van der Waals surface area contributed by atoms with Gasteiger partial charge in [-0.05, 0) is 42.0 Å². The van der Waals surface area contributed by atoms with E-state index in [0.717, 1.165) is 5.56 Å². The number of carboxylic acids is 1. The summed E-state index contributed by atoms with van der Waals surface area (Å²) in [5.41, 5.74) is 8.86. The highest BCUT2D eigenvalue weighted by molar-refractivity contribution is 6.35. The van der Waals surface area contributed by atoms with Crippen LogP contribution in [0.5, 0.6) is 0 Å². The number of nitrogens with zero attached hydrogens (tertiary/aromatic N) is 2. The molecule has 0 bridgehead atoms. The average molecular weight is 537 g/mol. The first-order chi connectivity index (χ1) is 17.7. The fraction of sp³-hybridized carbons (Fsp3) is 0.111. The third-order valence-corrected chi connectivity index (χ3v) is 5.94. The molecule has 1 aromatic heterocycles. The van der Waals surface area contributed by atoms with Crippen LogP contribution < -0.4 is 11.1 Å². The average Bonchev–Trinajstić information content (AvgIpc) is 3.28. The van der Waals surface area contributed by atoms with Gasteiger partial charge in [0.15, 0.2) is 5.78 Å². The molecular formula is C27H22Cl2N4O4. The molecule has 4 aromatic rings. The number of aliphatic carboxylic acids is 1. The van der Waals surface area contributed by atoms with Crippen molar-refractivity contribution in [3.8, 4) is 11.3 Å². The van der Waals surface area contributed by atoms with Crippen molar-refractivity contribution in [1.82, 2.24) is 9.78 Å². The van der Waals surface area contributed by atoms with Crippen LogP contribution in [0.4, 0.5) is 5.69 Å². The van der Waals surface area contributed by atoms with Crippen LogP contribution >= 0.6 is 23.2 Å². The Labute approximate surface area is 222 Å². The highest BCUT2D eigenvalue weighted by Crippen LogP contribution is 2.27. The van der Waals surface area contributed by atoms with Gasteiger partial charge in [-0.15, -0.1) is 0 Å². The Morgan fingerprint density at radius 2 is 1.59 bits per heavy atom. The number of Topliss-reactive ketones (excluding diaryl/α,β-unsaturated/α-hetero) is 1. The number of ketones is 1. The van der Waals surface area contributed by atoms with Crippen LogP contribution in [-0.2, 0) is 11.3 Å². The summed E-state index contributed by atoms with van der Waals surface area (Å²) in [6, 6.07) is 21.2. The zero-order valence-corrected chi connectivity index (χ0v) is 20.9. The maximum absolute atomic E-state index is 13.2. The van der Waals surface area contributed by atoms with Crippen LogP contribution in [0.2, 0.25) is 10.0 Å². The van der Waals surface area contributed by atoms with Crippen molar-refractivity contribution in [2.24, 2.45) is 5.73 Å². The number of amides is 1. The summed E-state index contributed by atoms with van der Waals surface area (Å²) in [5.74, 6) is -1.96. The van der Waals surface area contributed by atoms with E-state index in [4.69, 9.17) is 34.0 Å². The zero-order valence-electron chi connectivity index (χ0n) is 19.4. The molecule has 4 rings (SSSR count). The smallest absolute Gasteiger partial charge is 0.305 e. The lowest BCUT2D eigenvalue weighted by Crippen LogP contribution is -2.32. The molecule has 4 N–H and O–H groups in total. The molecule has 8 nitrogen and oxygen atoms in total. The molecule has 3 aromatic carbocycles. The molecule has 1 heterocycles. The molecule has 0 spiro atoms. The SMILES string of the molecule is NC(CC(=O)O)C(=O)c1ccc(Cn2nc(-c3cc(Cl)cc(Cl)c3)cc2C(=O)Nc2ccccc2)cc1. The molecule has 0 saturated heterocycles. The third-order valence-electron chi connectivity index (χ3n) is 5.50. The van der Waals surface area contributed by atoms with Gasteiger partial charge in [-0.2, -0.15) is 5.10 Å². The Balaban J connectivity index is 1.63. The second-order valence-electron chi connectivity index (χ2n) is 8.32. The topological polar surface area (TPSA) is 127 Å². The van der Waals surface area contributed by atoms with E-state index in [-0.39, 0.29) is 12.5 Å². The van der Waals surface area contributed by atoms with Crippen LogP contribution in [0, 0.1) is 0 Å². The van der Waals surface area contributed by atoms with Crippen molar-refractivity contribution in [3.05, 3.63) is 106 Å². The summed E-state index contributed by atoms with van der Waals surface area (Å²) in [5, 5.41) is 17.2. The number of anilines is 1. The minimum Gasteiger partial charge on any atom is -0.481 e. The number of hydrogen-bond donors (Lipinski definition) is 3. The van der Waals surface area contributed by atoms with Crippen LogP contribution in [0.1, 0.15) is 32.8 Å². The number of carbonyl (C=O) groups excluding carboxylic acids is 2. The Morgan fingerprint density at radius 1 is 0.946 bits per heavy atom. The molecule has 0 aliphatic carbocycles. The van der Waals surface area contributed by atoms with E-state index in [2.05, 4.69) is 10.4 Å². The van der Waals surface area contributed by atoms with Gasteiger partial charge < -0.3 is 16.2 Å². The van der Waals surface area contributed by atoms with Crippen LogP contribution in [0.25, 0.3) is 11.3 Å². The van der Waals surface area contributed by atoms with Gasteiger partial charge in [0.1, 0.15) is 5.69 Å². The van der Waals surface area contributed by atoms with Crippen molar-refractivity contribution < 1.29 is 19.5 Å². The van der Waals surface area contributed by atoms with E-state index in [1.807, 2.05) is 18.2 Å². The molecule has 0 fully saturated rings. The lowest BCUT2D eigenvalue weighted by molar-refractivity contribution is -0.137. The Bertz CT molecular complexity index is 1430. The number of carboxylic acid groups (broad SMARTS) is 1. The summed E-state index contributed by atoms with van der Waals surface area (Å²) < 4.78 is 1.55. The van der Waals surface area contributed by atoms with E-state index in [9.17, 15) is 14.4 Å². The predicted molar refractivity (Wildman–Crippen MR) is 142 cm³/mol. The lowest BCUT2D eigenvalue weighted by atomic mass is 10.0. The van der Waals surface area contributed by atoms with Gasteiger partial charge in [0.05, 0.1) is 24.7 Å². The number of hydrogen-bond acceptors (Lipinski definition) is 5. The van der Waals surface area contributed by atoms with Crippen molar-refractivity contribution >= 4 is 46.5 Å². The zero-order chi connectivity index (χ0) is 26.5. The minimum atomic E-state index is -1.14. The summed E-state index contributed by atoms with van der Waals surface area (Å²) in [6.07, 6.45) is -0.454. The fourth-order valence-electron chi connectivity index (χ4n) is 3.72. The standard InChI is InChI=1S/C27H22Cl2N4O4/c28-19-10-18(11-20(29)12-19)23-14-24(27(37)31-21-4-2-1-3-5-21)33(32-23)15-16-6-8-17(9-7-16)26(36)22(30)13-25(34)35/h1-12,14,22H,13,15,30H2,(H,31,37)(H,34,35). The maximum atomic E-state index is 13.2. The fourth-order valence-corrected chi connectivity index (χ4v) is 4.25. The molecular weight excluding hydrogens is 515 g/mol. The van der Waals surface area contributed by atoms with Gasteiger partial charge in [-0.3, -0.25) is 19.1 Å². The number of carbonyl (C=O) groups is 3. The van der Waals surface area contributed by atoms with Gasteiger partial charge in [0, 0.05) is 26.9 Å². The lowest BCUT2D eigenvalue weighted by Gasteiger charge is -2.10. The Kier molecular flexibility index (Phi) is 8.03. The quantitative estimate of drug-likeness (QED) is 0.254. The Morgan fingerprint density at radius 3 is 2.22 bits per heavy atom. The van der Waals surface area contributed by atoms with Crippen LogP contribution in [0.15, 0.2) is 78.9 Å². The molecule has 0 aliphatic heterocycles. The second kappa shape index (κ2) is 11.4. The largest absolute Gasteiger partial charge is 0.481 e. The van der Waals surface area contributed by atoms with Gasteiger partial charge in [0.25, 0.3) is 5.91 Å². The molecule has 37 heavy (non-hydrogen) atoms. The van der Waals surface area contributed by atoms with Crippen molar-refractivity contribution in [3.63, 3.8) is 0 Å². The summed E-state index contributed by atoms with van der Waals surface area (Å²) in [7, 11) is 0. The Hall–Kier alpha value is -3.98. The number of nitrogens with two attached hydrogens (primary N) is 1. The summed E-state index contributed by atoms with van der Waals surface area (Å²) in [6.45, 7) is 0.224. The van der Waals surface area contributed by atoms with E-state index in [0.29, 0.717) is 38.2 Å². The number of rotatable bonds is 9. The number of aromatic nitrogens is 2. The number of para-hydroxylation sites is 1. The summed E-state index contributed by atoms with van der Waals surface area (Å²) in [4.78, 5) is 36.4. The number of benzene rings is 3. The molecule has 188 valence electrons. The highest BCUT2D eigenvalue weighted by atomic mass is 35.5. The first-order valence-electron chi connectivity index (χ1n) is 11.2. The van der Waals surface area contributed by atoms with Gasteiger partial charge >= 0.3 is 5.97 Å². The molecule has 0 saturated carbocycles. The predicted octanol–water partition coefficient (Wildman–Crippen LogP) is 5.14. The maximum Gasteiger partial charge on any atom is 0.305 e. The van der Waals surface area contributed by atoms with Gasteiger partial charge in [0.2, 0.25) is 0 Å². The number of nitrogens with one attached hydrogen (secondary N) is 1. The first-order valence-corrected chi connectivity index (χ1v) is 12.0. The van der Waals surface area contributed by atoms with Gasteiger partial charge in [-0.1, -0.05) is 65.7 Å². The molecule has 1 atom stereocenters. The van der Waals surface area contributed by atoms with Crippen LogP contribution in [0.3, 0.4) is 0 Å². The molecule has 0 radical (unpaired) electrons. The van der Waals surface area contributed by atoms with Crippen molar-refractivity contribution in [1.29, 1.82) is 0 Å². The van der Waals surface area contributed by atoms with Gasteiger partial charge in [-0.25, -0.2) is 0 Å². The van der Waals surface area contributed by atoms with Crippen LogP contribution in [-0.4, -0.2) is 38.6 Å². The third kappa shape index (κ3) is 6.62. The van der Waals surface area contributed by atoms with E-state index in [1.54, 1.807) is 65.3 Å². The van der Waals surface area contributed by atoms with Crippen molar-refractivity contribution in [2.45, 2.75) is 19.0 Å². The highest BCUT2D eigenvalue weighted by Gasteiger charge is 2.20. The second-order valence-corrected chi connectivity index (χ2v) is 9.19. The van der Waals surface area contributed by atoms with E-state index < -0.39 is 24.2 Å². The van der Waals surface area contributed by atoms with E-state index >= 15 is 0 Å². The number of halogens is 2.